The molecule has 0 saturated heterocycles. The molecule has 0 heterocycles. The first-order valence-corrected chi connectivity index (χ1v) is 10.5. The first-order valence-electron chi connectivity index (χ1n) is 9.01. The lowest BCUT2D eigenvalue weighted by molar-refractivity contribution is 0.102. The lowest BCUT2D eigenvalue weighted by atomic mass is 10.1. The number of benzene rings is 2. The molecule has 2 rings (SSSR count). The van der Waals surface area contributed by atoms with Gasteiger partial charge in [-0.05, 0) is 61.4 Å². The molecule has 28 heavy (non-hydrogen) atoms. The molecule has 2 aromatic rings. The molecule has 0 aromatic heterocycles. The maximum Gasteiger partial charge on any atom is 0.255 e. The summed E-state index contributed by atoms with van der Waals surface area (Å²) in [6, 6.07) is 11.2. The smallest absolute Gasteiger partial charge is 0.255 e. The molecule has 0 aliphatic heterocycles. The third kappa shape index (κ3) is 6.05. The van der Waals surface area contributed by atoms with Crippen molar-refractivity contribution in [3.63, 3.8) is 0 Å². The van der Waals surface area contributed by atoms with Crippen molar-refractivity contribution in [3.8, 4) is 5.75 Å². The highest BCUT2D eigenvalue weighted by atomic mass is 32.2. The second-order valence-corrected chi connectivity index (χ2v) is 7.96. The van der Waals surface area contributed by atoms with Crippen LogP contribution in [-0.2, 0) is 14.8 Å². The Morgan fingerprint density at radius 3 is 2.39 bits per heavy atom. The number of rotatable bonds is 10. The van der Waals surface area contributed by atoms with E-state index in [0.717, 1.165) is 17.7 Å². The Labute approximate surface area is 166 Å². The highest BCUT2D eigenvalue weighted by Crippen LogP contribution is 2.22. The first-order chi connectivity index (χ1) is 13.4. The summed E-state index contributed by atoms with van der Waals surface area (Å²) in [4.78, 5) is 12.6. The zero-order valence-corrected chi connectivity index (χ0v) is 17.1. The minimum atomic E-state index is -3.63. The summed E-state index contributed by atoms with van der Waals surface area (Å²) in [5, 5.41) is 2.83. The Morgan fingerprint density at radius 2 is 1.79 bits per heavy atom. The SMILES string of the molecule is CCCOc1ccc(NC(=O)c2ccc(S(=O)(=O)NCCOC)cc2)c(C)c1. The molecule has 7 nitrogen and oxygen atoms in total. The molecule has 0 atom stereocenters. The Hall–Kier alpha value is -2.42. The Bertz CT molecular complexity index is 895. The third-order valence-corrected chi connectivity index (χ3v) is 5.42. The average Bonchev–Trinajstić information content (AvgIpc) is 2.68. The summed E-state index contributed by atoms with van der Waals surface area (Å²) in [6.07, 6.45) is 0.922. The highest BCUT2D eigenvalue weighted by molar-refractivity contribution is 7.89. The van der Waals surface area contributed by atoms with Crippen LogP contribution in [0.5, 0.6) is 5.75 Å². The van der Waals surface area contributed by atoms with Crippen molar-refractivity contribution < 1.29 is 22.7 Å². The molecule has 152 valence electrons. The first kappa shape index (κ1) is 21.9. The highest BCUT2D eigenvalue weighted by Gasteiger charge is 2.15. The van der Waals surface area contributed by atoms with E-state index >= 15 is 0 Å². The predicted molar refractivity (Wildman–Crippen MR) is 108 cm³/mol. The van der Waals surface area contributed by atoms with E-state index in [-0.39, 0.29) is 24.0 Å². The Morgan fingerprint density at radius 1 is 1.07 bits per heavy atom. The van der Waals surface area contributed by atoms with Gasteiger partial charge in [-0.25, -0.2) is 13.1 Å². The Kier molecular flexibility index (Phi) is 7.98. The van der Waals surface area contributed by atoms with Gasteiger partial charge in [0.1, 0.15) is 5.75 Å². The van der Waals surface area contributed by atoms with Crippen LogP contribution in [0.4, 0.5) is 5.69 Å². The molecule has 0 saturated carbocycles. The number of hydrogen-bond acceptors (Lipinski definition) is 5. The molecular weight excluding hydrogens is 380 g/mol. The van der Waals surface area contributed by atoms with E-state index in [9.17, 15) is 13.2 Å². The van der Waals surface area contributed by atoms with Crippen molar-refractivity contribution in [1.29, 1.82) is 0 Å². The lowest BCUT2D eigenvalue weighted by Gasteiger charge is -2.11. The van der Waals surface area contributed by atoms with E-state index in [4.69, 9.17) is 9.47 Å². The Balaban J connectivity index is 2.05. The molecule has 0 aliphatic rings. The van der Waals surface area contributed by atoms with Gasteiger partial charge in [-0.3, -0.25) is 4.79 Å². The number of sulfonamides is 1. The number of hydrogen-bond donors (Lipinski definition) is 2. The molecule has 8 heteroatoms. The minimum Gasteiger partial charge on any atom is -0.494 e. The van der Waals surface area contributed by atoms with Gasteiger partial charge in [0.15, 0.2) is 0 Å². The largest absolute Gasteiger partial charge is 0.494 e. The van der Waals surface area contributed by atoms with Crippen LogP contribution in [0.15, 0.2) is 47.4 Å². The van der Waals surface area contributed by atoms with Crippen LogP contribution >= 0.6 is 0 Å². The number of amides is 1. The van der Waals surface area contributed by atoms with Crippen molar-refractivity contribution in [2.45, 2.75) is 25.2 Å². The maximum absolute atomic E-state index is 12.5. The molecular formula is C20H26N2O5S. The van der Waals surface area contributed by atoms with Gasteiger partial charge < -0.3 is 14.8 Å². The number of nitrogens with one attached hydrogen (secondary N) is 2. The van der Waals surface area contributed by atoms with Gasteiger partial charge in [-0.15, -0.1) is 0 Å². The average molecular weight is 407 g/mol. The van der Waals surface area contributed by atoms with Crippen LogP contribution < -0.4 is 14.8 Å². The van der Waals surface area contributed by atoms with Gasteiger partial charge in [0.05, 0.1) is 18.1 Å². The fourth-order valence-electron chi connectivity index (χ4n) is 2.43. The van der Waals surface area contributed by atoms with Crippen LogP contribution in [0.3, 0.4) is 0 Å². The van der Waals surface area contributed by atoms with Gasteiger partial charge in [0.2, 0.25) is 10.0 Å². The lowest BCUT2D eigenvalue weighted by Crippen LogP contribution is -2.27. The molecule has 0 radical (unpaired) electrons. The number of anilines is 1. The van der Waals surface area contributed by atoms with Crippen molar-refractivity contribution in [2.75, 3.05) is 32.2 Å². The van der Waals surface area contributed by atoms with Crippen LogP contribution in [0.2, 0.25) is 0 Å². The van der Waals surface area contributed by atoms with E-state index < -0.39 is 10.0 Å². The molecule has 0 bridgehead atoms. The molecule has 0 unspecified atom stereocenters. The maximum atomic E-state index is 12.5. The van der Waals surface area contributed by atoms with Gasteiger partial charge >= 0.3 is 0 Å². The fraction of sp³-hybridized carbons (Fsp3) is 0.350. The zero-order chi connectivity index (χ0) is 20.6. The van der Waals surface area contributed by atoms with Gasteiger partial charge in [0, 0.05) is 24.9 Å². The summed E-state index contributed by atoms with van der Waals surface area (Å²) < 4.78 is 37.1. The topological polar surface area (TPSA) is 93.7 Å². The molecule has 2 aromatic carbocycles. The van der Waals surface area contributed by atoms with E-state index in [1.807, 2.05) is 19.9 Å². The van der Waals surface area contributed by atoms with E-state index in [2.05, 4.69) is 10.0 Å². The summed E-state index contributed by atoms with van der Waals surface area (Å²) in [5.74, 6) is 0.439. The molecule has 0 aliphatic carbocycles. The third-order valence-electron chi connectivity index (χ3n) is 3.94. The molecule has 1 amide bonds. The summed E-state index contributed by atoms with van der Waals surface area (Å²) in [6.45, 7) is 5.02. The number of carbonyl (C=O) groups is 1. The van der Waals surface area contributed by atoms with E-state index in [1.54, 1.807) is 12.1 Å². The fourth-order valence-corrected chi connectivity index (χ4v) is 3.44. The van der Waals surface area contributed by atoms with Gasteiger partial charge in [0.25, 0.3) is 5.91 Å². The predicted octanol–water partition coefficient (Wildman–Crippen LogP) is 2.96. The van der Waals surface area contributed by atoms with Crippen molar-refractivity contribution >= 4 is 21.6 Å². The summed E-state index contributed by atoms with van der Waals surface area (Å²) in [7, 11) is -2.13. The number of carbonyl (C=O) groups excluding carboxylic acids is 1. The molecule has 0 spiro atoms. The summed E-state index contributed by atoms with van der Waals surface area (Å²) >= 11 is 0. The second kappa shape index (κ2) is 10.2. The molecule has 2 N–H and O–H groups in total. The van der Waals surface area contributed by atoms with Crippen LogP contribution in [0.25, 0.3) is 0 Å². The zero-order valence-electron chi connectivity index (χ0n) is 16.3. The van der Waals surface area contributed by atoms with Crippen LogP contribution in [-0.4, -0.2) is 41.2 Å². The second-order valence-electron chi connectivity index (χ2n) is 6.19. The standard InChI is InChI=1S/C20H26N2O5S/c1-4-12-27-17-7-10-19(15(2)14-17)22-20(23)16-5-8-18(9-6-16)28(24,25)21-11-13-26-3/h5-10,14,21H,4,11-13H2,1-3H3,(H,22,23). The van der Waals surface area contributed by atoms with E-state index in [0.29, 0.717) is 17.9 Å². The minimum absolute atomic E-state index is 0.0914. The molecule has 0 fully saturated rings. The number of aryl methyl sites for hydroxylation is 1. The van der Waals surface area contributed by atoms with Gasteiger partial charge in [-0.1, -0.05) is 6.92 Å². The van der Waals surface area contributed by atoms with Gasteiger partial charge in [-0.2, -0.15) is 0 Å². The van der Waals surface area contributed by atoms with Crippen LogP contribution in [0, 0.1) is 6.92 Å². The monoisotopic (exact) mass is 406 g/mol. The van der Waals surface area contributed by atoms with E-state index in [1.165, 1.54) is 31.4 Å². The van der Waals surface area contributed by atoms with Crippen molar-refractivity contribution in [2.24, 2.45) is 0 Å². The van der Waals surface area contributed by atoms with Crippen molar-refractivity contribution in [1.82, 2.24) is 4.72 Å². The quantitative estimate of drug-likeness (QED) is 0.592. The van der Waals surface area contributed by atoms with Crippen LogP contribution in [0.1, 0.15) is 29.3 Å². The number of ether oxygens (including phenoxy) is 2. The number of methoxy groups -OCH3 is 1. The normalized spacial score (nSPS) is 11.2. The summed E-state index contributed by atoms with van der Waals surface area (Å²) in [5.41, 5.74) is 1.91. The van der Waals surface area contributed by atoms with Crippen molar-refractivity contribution in [3.05, 3.63) is 53.6 Å².